The Bertz CT molecular complexity index is 649. The molecule has 0 bridgehead atoms. The van der Waals surface area contributed by atoms with Gasteiger partial charge >= 0.3 is 6.03 Å². The molecule has 0 aromatic heterocycles. The molecule has 0 aromatic carbocycles. The molecule has 0 radical (unpaired) electrons. The summed E-state index contributed by atoms with van der Waals surface area (Å²) in [6.07, 6.45) is 24.7. The number of imide groups is 1. The molecule has 3 amide bonds. The molecular weight excluding hydrogens is 520 g/mol. The van der Waals surface area contributed by atoms with Crippen molar-refractivity contribution in [1.82, 2.24) is 20.9 Å². The Labute approximate surface area is 261 Å². The van der Waals surface area contributed by atoms with Crippen LogP contribution in [-0.4, -0.2) is 41.8 Å². The molecule has 2 atom stereocenters. The first-order valence-corrected chi connectivity index (χ1v) is 18.5. The van der Waals surface area contributed by atoms with E-state index in [1.54, 1.807) is 0 Å². The molecule has 1 saturated heterocycles. The topological polar surface area (TPSA) is 73.5 Å². The number of nitrogens with one attached hydrogen (secondary N) is 3. The van der Waals surface area contributed by atoms with Gasteiger partial charge in [-0.25, -0.2) is 9.69 Å². The lowest BCUT2D eigenvalue weighted by molar-refractivity contribution is -0.134. The average molecular weight is 593 g/mol. The van der Waals surface area contributed by atoms with Crippen LogP contribution in [0.1, 0.15) is 183 Å². The highest BCUT2D eigenvalue weighted by Crippen LogP contribution is 2.31. The third-order valence-electron chi connectivity index (χ3n) is 9.65. The standard InChI is InChI=1S/C36H72N4O2/c1-7-13-17-19-21-23-27-36(28-24-22-20-18-14-8-2)33(41)40(35(42)39-36)34(37-29-31(11-5)25-15-9-3)38-30-32(12-6)26-16-10-4/h31-32,34,37-38H,7-30H2,1-6H3,(H,39,42). The Morgan fingerprint density at radius 1 is 0.595 bits per heavy atom. The molecule has 3 N–H and O–H groups in total. The first-order chi connectivity index (χ1) is 20.4. The van der Waals surface area contributed by atoms with Crippen molar-refractivity contribution in [2.24, 2.45) is 11.8 Å². The van der Waals surface area contributed by atoms with Gasteiger partial charge in [0.15, 0.2) is 0 Å². The van der Waals surface area contributed by atoms with E-state index in [0.717, 1.165) is 64.5 Å². The minimum absolute atomic E-state index is 0.0113. The fourth-order valence-corrected chi connectivity index (χ4v) is 6.45. The van der Waals surface area contributed by atoms with E-state index in [9.17, 15) is 9.59 Å². The molecule has 1 heterocycles. The van der Waals surface area contributed by atoms with Gasteiger partial charge in [0.2, 0.25) is 0 Å². The molecule has 1 aliphatic rings. The number of carbonyl (C=O) groups excluding carboxylic acids is 2. The molecular formula is C36H72N4O2. The molecule has 0 spiro atoms. The number of urea groups is 1. The van der Waals surface area contributed by atoms with Gasteiger partial charge in [-0.2, -0.15) is 0 Å². The Kier molecular flexibility index (Phi) is 22.4. The Balaban J connectivity index is 3.08. The van der Waals surface area contributed by atoms with Crippen LogP contribution in [-0.2, 0) is 4.79 Å². The maximum atomic E-state index is 14.3. The van der Waals surface area contributed by atoms with Gasteiger partial charge in [0.05, 0.1) is 0 Å². The Hall–Kier alpha value is -1.14. The van der Waals surface area contributed by atoms with Crippen LogP contribution in [0.3, 0.4) is 0 Å². The van der Waals surface area contributed by atoms with E-state index in [1.807, 2.05) is 0 Å². The summed E-state index contributed by atoms with van der Waals surface area (Å²) in [5.41, 5.74) is -0.757. The molecule has 1 aliphatic heterocycles. The van der Waals surface area contributed by atoms with E-state index < -0.39 is 11.8 Å². The highest BCUT2D eigenvalue weighted by atomic mass is 16.2. The normalized spacial score (nSPS) is 17.0. The fourth-order valence-electron chi connectivity index (χ4n) is 6.45. The van der Waals surface area contributed by atoms with Crippen molar-refractivity contribution >= 4 is 11.9 Å². The Morgan fingerprint density at radius 2 is 1.00 bits per heavy atom. The third kappa shape index (κ3) is 14.6. The minimum Gasteiger partial charge on any atom is -0.323 e. The van der Waals surface area contributed by atoms with Gasteiger partial charge < -0.3 is 5.32 Å². The van der Waals surface area contributed by atoms with Gasteiger partial charge in [0.25, 0.3) is 5.91 Å². The first kappa shape index (κ1) is 38.9. The van der Waals surface area contributed by atoms with Crippen molar-refractivity contribution < 1.29 is 9.59 Å². The van der Waals surface area contributed by atoms with Crippen LogP contribution in [0.4, 0.5) is 4.79 Å². The monoisotopic (exact) mass is 593 g/mol. The van der Waals surface area contributed by atoms with Crippen molar-refractivity contribution in [3.05, 3.63) is 0 Å². The van der Waals surface area contributed by atoms with Gasteiger partial charge in [-0.15, -0.1) is 0 Å². The lowest BCUT2D eigenvalue weighted by Gasteiger charge is -2.32. The summed E-state index contributed by atoms with van der Waals surface area (Å²) in [5, 5.41) is 10.6. The molecule has 0 aromatic rings. The van der Waals surface area contributed by atoms with E-state index in [2.05, 4.69) is 57.5 Å². The van der Waals surface area contributed by atoms with Gasteiger partial charge in [0, 0.05) is 13.1 Å². The number of nitrogens with zero attached hydrogens (tertiary/aromatic N) is 1. The van der Waals surface area contributed by atoms with Gasteiger partial charge in [-0.05, 0) is 37.5 Å². The average Bonchev–Trinajstić information content (AvgIpc) is 3.24. The number of carbonyl (C=O) groups is 2. The maximum absolute atomic E-state index is 14.3. The second-order valence-corrected chi connectivity index (χ2v) is 13.3. The minimum atomic E-state index is -0.757. The lowest BCUT2D eigenvalue weighted by Crippen LogP contribution is -2.59. The van der Waals surface area contributed by atoms with Crippen LogP contribution in [0.5, 0.6) is 0 Å². The molecule has 1 fully saturated rings. The van der Waals surface area contributed by atoms with Crippen molar-refractivity contribution in [2.45, 2.75) is 195 Å². The van der Waals surface area contributed by atoms with Crippen LogP contribution >= 0.6 is 0 Å². The van der Waals surface area contributed by atoms with E-state index in [4.69, 9.17) is 0 Å². The van der Waals surface area contributed by atoms with Gasteiger partial charge in [-0.1, -0.05) is 157 Å². The number of rotatable bonds is 29. The van der Waals surface area contributed by atoms with Crippen molar-refractivity contribution in [2.75, 3.05) is 13.1 Å². The summed E-state index contributed by atoms with van der Waals surface area (Å²) in [6.45, 7) is 15.1. The van der Waals surface area contributed by atoms with Crippen molar-refractivity contribution in [3.63, 3.8) is 0 Å². The number of unbranched alkanes of at least 4 members (excludes halogenated alkanes) is 12. The molecule has 42 heavy (non-hydrogen) atoms. The van der Waals surface area contributed by atoms with Crippen molar-refractivity contribution in [3.8, 4) is 0 Å². The molecule has 6 heteroatoms. The molecule has 6 nitrogen and oxygen atoms in total. The summed E-state index contributed by atoms with van der Waals surface area (Å²) in [4.78, 5) is 29.6. The van der Waals surface area contributed by atoms with E-state index in [0.29, 0.717) is 11.8 Å². The zero-order valence-corrected chi connectivity index (χ0v) is 29.0. The van der Waals surface area contributed by atoms with Crippen LogP contribution in [0.15, 0.2) is 0 Å². The molecule has 248 valence electrons. The zero-order chi connectivity index (χ0) is 31.1. The first-order valence-electron chi connectivity index (χ1n) is 18.5. The number of hydrogen-bond donors (Lipinski definition) is 3. The summed E-state index contributed by atoms with van der Waals surface area (Å²) < 4.78 is 0. The lowest BCUT2D eigenvalue weighted by atomic mass is 9.86. The van der Waals surface area contributed by atoms with E-state index >= 15 is 0 Å². The molecule has 0 saturated carbocycles. The summed E-state index contributed by atoms with van der Waals surface area (Å²) in [6, 6.07) is -0.217. The van der Waals surface area contributed by atoms with Crippen LogP contribution in [0.25, 0.3) is 0 Å². The third-order valence-corrected chi connectivity index (χ3v) is 9.65. The summed E-state index contributed by atoms with van der Waals surface area (Å²) >= 11 is 0. The fraction of sp³-hybridized carbons (Fsp3) is 0.944. The Morgan fingerprint density at radius 3 is 1.40 bits per heavy atom. The van der Waals surface area contributed by atoms with E-state index in [1.165, 1.54) is 94.8 Å². The molecule has 2 unspecified atom stereocenters. The van der Waals surface area contributed by atoms with Crippen molar-refractivity contribution in [1.29, 1.82) is 0 Å². The number of hydrogen-bond acceptors (Lipinski definition) is 4. The van der Waals surface area contributed by atoms with E-state index in [-0.39, 0.29) is 11.9 Å². The number of amides is 3. The maximum Gasteiger partial charge on any atom is 0.327 e. The van der Waals surface area contributed by atoms with Gasteiger partial charge in [-0.3, -0.25) is 15.4 Å². The highest BCUT2D eigenvalue weighted by molar-refractivity contribution is 6.07. The molecule has 1 rings (SSSR count). The van der Waals surface area contributed by atoms with Crippen LogP contribution in [0, 0.1) is 11.8 Å². The quantitative estimate of drug-likeness (QED) is 0.0459. The SMILES string of the molecule is CCCCCCCCC1(CCCCCCCC)NC(=O)N(C(NCC(CC)CCCC)NCC(CC)CCCC)C1=O. The highest BCUT2D eigenvalue weighted by Gasteiger charge is 2.52. The molecule has 0 aliphatic carbocycles. The summed E-state index contributed by atoms with van der Waals surface area (Å²) in [5.74, 6) is 1.09. The summed E-state index contributed by atoms with van der Waals surface area (Å²) in [7, 11) is 0. The van der Waals surface area contributed by atoms with Crippen LogP contribution in [0.2, 0.25) is 0 Å². The predicted octanol–water partition coefficient (Wildman–Crippen LogP) is 9.67. The largest absolute Gasteiger partial charge is 0.327 e. The second kappa shape index (κ2) is 24.2. The predicted molar refractivity (Wildman–Crippen MR) is 181 cm³/mol. The van der Waals surface area contributed by atoms with Crippen LogP contribution < -0.4 is 16.0 Å². The van der Waals surface area contributed by atoms with Gasteiger partial charge in [0.1, 0.15) is 11.8 Å². The second-order valence-electron chi connectivity index (χ2n) is 13.3. The zero-order valence-electron chi connectivity index (χ0n) is 29.0. The smallest absolute Gasteiger partial charge is 0.323 e.